The lowest BCUT2D eigenvalue weighted by molar-refractivity contribution is 0.410. The highest BCUT2D eigenvalue weighted by Gasteiger charge is 2.14. The quantitative estimate of drug-likeness (QED) is 0.616. The van der Waals surface area contributed by atoms with Crippen LogP contribution in [0.25, 0.3) is 10.2 Å². The summed E-state index contributed by atoms with van der Waals surface area (Å²) in [5, 5.41) is 0.631. The number of hydrogen-bond donors (Lipinski definition) is 0. The fourth-order valence-electron chi connectivity index (χ4n) is 2.50. The van der Waals surface area contributed by atoms with Gasteiger partial charge < -0.3 is 9.64 Å². The van der Waals surface area contributed by atoms with Crippen LogP contribution in [0.3, 0.4) is 0 Å². The smallest absolute Gasteiger partial charge is 0.187 e. The van der Waals surface area contributed by atoms with Gasteiger partial charge in [0.25, 0.3) is 0 Å². The lowest BCUT2D eigenvalue weighted by Crippen LogP contribution is -2.26. The number of methoxy groups -OCH3 is 1. The van der Waals surface area contributed by atoms with Crippen LogP contribution >= 0.6 is 11.3 Å². The molecule has 0 amide bonds. The van der Waals surface area contributed by atoms with Crippen LogP contribution in [0.1, 0.15) is 5.56 Å². The van der Waals surface area contributed by atoms with Crippen LogP contribution in [0, 0.1) is 24.0 Å². The second kappa shape index (κ2) is 7.49. The molecular weight excluding hydrogens is 342 g/mol. The molecule has 0 saturated heterocycles. The van der Waals surface area contributed by atoms with Crippen molar-refractivity contribution in [1.82, 2.24) is 4.98 Å². The van der Waals surface area contributed by atoms with E-state index < -0.39 is 0 Å². The zero-order valence-electron chi connectivity index (χ0n) is 13.6. The number of nitrogens with zero attached hydrogens (tertiary/aromatic N) is 2. The van der Waals surface area contributed by atoms with Crippen LogP contribution in [0.15, 0.2) is 36.4 Å². The first-order valence-corrected chi connectivity index (χ1v) is 8.50. The zero-order valence-corrected chi connectivity index (χ0v) is 14.4. The second-order valence-electron chi connectivity index (χ2n) is 5.42. The number of anilines is 1. The summed E-state index contributed by atoms with van der Waals surface area (Å²) in [7, 11) is 1.50. The van der Waals surface area contributed by atoms with Crippen molar-refractivity contribution in [3.8, 4) is 18.1 Å². The normalized spacial score (nSPS) is 10.6. The fraction of sp³-hybridized carbons (Fsp3) is 0.211. The van der Waals surface area contributed by atoms with Gasteiger partial charge in [-0.25, -0.2) is 13.8 Å². The summed E-state index contributed by atoms with van der Waals surface area (Å²) in [5.74, 6) is 2.37. The van der Waals surface area contributed by atoms with Gasteiger partial charge in [0.15, 0.2) is 5.13 Å². The van der Waals surface area contributed by atoms with Gasteiger partial charge in [0.05, 0.1) is 18.4 Å². The van der Waals surface area contributed by atoms with Gasteiger partial charge >= 0.3 is 0 Å². The molecule has 0 aliphatic rings. The Hall–Kier alpha value is -2.65. The molecule has 0 saturated carbocycles. The molecule has 0 radical (unpaired) electrons. The summed E-state index contributed by atoms with van der Waals surface area (Å²) in [4.78, 5) is 6.21. The predicted octanol–water partition coefficient (Wildman–Crippen LogP) is 4.27. The van der Waals surface area contributed by atoms with E-state index in [2.05, 4.69) is 10.9 Å². The van der Waals surface area contributed by atoms with E-state index in [9.17, 15) is 8.78 Å². The molecule has 0 fully saturated rings. The first kappa shape index (κ1) is 17.2. The maximum atomic E-state index is 14.1. The Balaban J connectivity index is 1.81. The second-order valence-corrected chi connectivity index (χ2v) is 6.43. The number of aromatic nitrogens is 1. The summed E-state index contributed by atoms with van der Waals surface area (Å²) in [6.45, 7) is 0.800. The van der Waals surface area contributed by atoms with Crippen molar-refractivity contribution in [2.75, 3.05) is 25.1 Å². The Labute approximate surface area is 148 Å². The van der Waals surface area contributed by atoms with Gasteiger partial charge in [-0.15, -0.1) is 6.42 Å². The molecule has 1 heterocycles. The Morgan fingerprint density at radius 3 is 2.76 bits per heavy atom. The zero-order chi connectivity index (χ0) is 17.8. The summed E-state index contributed by atoms with van der Waals surface area (Å²) in [6, 6.07) is 9.61. The number of rotatable bonds is 6. The van der Waals surface area contributed by atoms with Gasteiger partial charge in [0.2, 0.25) is 0 Å². The fourth-order valence-corrected chi connectivity index (χ4v) is 3.51. The molecule has 3 rings (SSSR count). The summed E-state index contributed by atoms with van der Waals surface area (Å²) in [5.41, 5.74) is 0.898. The molecule has 3 nitrogen and oxygen atoms in total. The highest BCUT2D eigenvalue weighted by molar-refractivity contribution is 7.22. The number of terminal acetylenes is 1. The van der Waals surface area contributed by atoms with E-state index in [-0.39, 0.29) is 11.6 Å². The average Bonchev–Trinajstić information content (AvgIpc) is 3.05. The van der Waals surface area contributed by atoms with Gasteiger partial charge in [0, 0.05) is 12.6 Å². The van der Waals surface area contributed by atoms with Gasteiger partial charge in [0.1, 0.15) is 22.9 Å². The van der Waals surface area contributed by atoms with E-state index in [0.717, 1.165) is 4.70 Å². The number of benzene rings is 2. The Morgan fingerprint density at radius 1 is 1.24 bits per heavy atom. The van der Waals surface area contributed by atoms with E-state index in [4.69, 9.17) is 11.2 Å². The molecule has 0 aliphatic heterocycles. The molecule has 128 valence electrons. The van der Waals surface area contributed by atoms with Crippen LogP contribution in [-0.4, -0.2) is 25.2 Å². The lowest BCUT2D eigenvalue weighted by Gasteiger charge is -2.19. The largest absolute Gasteiger partial charge is 0.497 e. The van der Waals surface area contributed by atoms with Crippen molar-refractivity contribution >= 4 is 26.7 Å². The first-order chi connectivity index (χ1) is 12.1. The minimum Gasteiger partial charge on any atom is -0.497 e. The average molecular weight is 358 g/mol. The Bertz CT molecular complexity index is 933. The van der Waals surface area contributed by atoms with Crippen LogP contribution in [-0.2, 0) is 6.42 Å². The van der Waals surface area contributed by atoms with Crippen molar-refractivity contribution < 1.29 is 13.5 Å². The van der Waals surface area contributed by atoms with E-state index in [1.165, 1.54) is 30.6 Å². The number of para-hydroxylation sites is 1. The third kappa shape index (κ3) is 3.72. The number of hydrogen-bond acceptors (Lipinski definition) is 4. The maximum absolute atomic E-state index is 14.1. The molecule has 2 aromatic carbocycles. The summed E-state index contributed by atoms with van der Waals surface area (Å²) in [6.07, 6.45) is 5.90. The third-order valence-electron chi connectivity index (χ3n) is 3.82. The molecule has 0 spiro atoms. The highest BCUT2D eigenvalue weighted by Crippen LogP contribution is 2.30. The molecule has 0 atom stereocenters. The minimum atomic E-state index is -0.359. The van der Waals surface area contributed by atoms with E-state index in [1.54, 1.807) is 18.2 Å². The lowest BCUT2D eigenvalue weighted by atomic mass is 10.1. The first-order valence-electron chi connectivity index (χ1n) is 7.68. The highest BCUT2D eigenvalue weighted by atomic mass is 32.1. The third-order valence-corrected chi connectivity index (χ3v) is 4.90. The number of thiazole rings is 1. The van der Waals surface area contributed by atoms with Crippen molar-refractivity contribution in [3.05, 3.63) is 53.6 Å². The number of ether oxygens (including phenoxy) is 1. The maximum Gasteiger partial charge on any atom is 0.187 e. The number of halogens is 2. The van der Waals surface area contributed by atoms with Crippen molar-refractivity contribution in [2.24, 2.45) is 0 Å². The van der Waals surface area contributed by atoms with E-state index in [1.807, 2.05) is 11.0 Å². The Morgan fingerprint density at radius 2 is 2.08 bits per heavy atom. The summed E-state index contributed by atoms with van der Waals surface area (Å²) >= 11 is 1.37. The molecule has 0 aliphatic carbocycles. The van der Waals surface area contributed by atoms with Crippen LogP contribution < -0.4 is 9.64 Å². The van der Waals surface area contributed by atoms with Gasteiger partial charge in [-0.05, 0) is 30.2 Å². The van der Waals surface area contributed by atoms with Crippen molar-refractivity contribution in [1.29, 1.82) is 0 Å². The SMILES string of the molecule is C#CCN(CCc1ccc(OC)cc1F)c1nc2c(F)cccc2s1. The topological polar surface area (TPSA) is 25.4 Å². The van der Waals surface area contributed by atoms with Crippen molar-refractivity contribution in [2.45, 2.75) is 6.42 Å². The van der Waals surface area contributed by atoms with Crippen molar-refractivity contribution in [3.63, 3.8) is 0 Å². The molecule has 3 aromatic rings. The van der Waals surface area contributed by atoms with Gasteiger partial charge in [-0.2, -0.15) is 0 Å². The summed E-state index contributed by atoms with van der Waals surface area (Å²) < 4.78 is 33.7. The molecule has 6 heteroatoms. The van der Waals surface area contributed by atoms with Gasteiger partial charge in [-0.3, -0.25) is 0 Å². The molecular formula is C19H16F2N2OS. The minimum absolute atomic E-state index is 0.319. The van der Waals surface area contributed by atoms with E-state index >= 15 is 0 Å². The Kier molecular flexibility index (Phi) is 5.15. The van der Waals surface area contributed by atoms with Crippen LogP contribution in [0.2, 0.25) is 0 Å². The molecule has 0 unspecified atom stereocenters. The number of fused-ring (bicyclic) bond motifs is 1. The monoisotopic (exact) mass is 358 g/mol. The molecule has 0 bridgehead atoms. The van der Waals surface area contributed by atoms with Gasteiger partial charge in [-0.1, -0.05) is 29.4 Å². The molecule has 0 N–H and O–H groups in total. The van der Waals surface area contributed by atoms with Crippen LogP contribution in [0.5, 0.6) is 5.75 Å². The molecule has 25 heavy (non-hydrogen) atoms. The standard InChI is InChI=1S/C19H16F2N2OS/c1-3-10-23(11-9-13-7-8-14(24-2)12-16(13)21)19-22-18-15(20)5-4-6-17(18)25-19/h1,4-8,12H,9-11H2,2H3. The van der Waals surface area contributed by atoms with Crippen LogP contribution in [0.4, 0.5) is 13.9 Å². The molecule has 1 aromatic heterocycles. The predicted molar refractivity (Wildman–Crippen MR) is 97.3 cm³/mol. The van der Waals surface area contributed by atoms with E-state index in [0.29, 0.717) is 41.5 Å².